The van der Waals surface area contributed by atoms with E-state index in [0.29, 0.717) is 6.04 Å². The van der Waals surface area contributed by atoms with Crippen molar-refractivity contribution in [2.45, 2.75) is 52.6 Å². The van der Waals surface area contributed by atoms with Crippen LogP contribution in [0, 0.1) is 0 Å². The van der Waals surface area contributed by atoms with Gasteiger partial charge in [-0.3, -0.25) is 4.79 Å². The van der Waals surface area contributed by atoms with Gasteiger partial charge in [0, 0.05) is 12.1 Å². The first-order chi connectivity index (χ1) is 10.0. The Kier molecular flexibility index (Phi) is 7.83. The fourth-order valence-electron chi connectivity index (χ4n) is 2.06. The average Bonchev–Trinajstić information content (AvgIpc) is 2.46. The highest BCUT2D eigenvalue weighted by Crippen LogP contribution is 2.13. The predicted octanol–water partition coefficient (Wildman–Crippen LogP) is 2.52. The maximum atomic E-state index is 11.6. The summed E-state index contributed by atoms with van der Waals surface area (Å²) in [4.78, 5) is 11.6. The molecule has 0 heterocycles. The lowest BCUT2D eigenvalue weighted by Gasteiger charge is -2.13. The topological polar surface area (TPSA) is 50.4 Å². The van der Waals surface area contributed by atoms with Gasteiger partial charge >= 0.3 is 0 Å². The van der Waals surface area contributed by atoms with Crippen molar-refractivity contribution >= 4 is 5.91 Å². The number of ether oxygens (including phenoxy) is 1. The second-order valence-corrected chi connectivity index (χ2v) is 5.47. The van der Waals surface area contributed by atoms with Crippen molar-refractivity contribution < 1.29 is 9.53 Å². The molecule has 0 aliphatic carbocycles. The minimum absolute atomic E-state index is 0.0669. The Morgan fingerprint density at radius 3 is 2.38 bits per heavy atom. The maximum absolute atomic E-state index is 11.6. The zero-order valence-corrected chi connectivity index (χ0v) is 13.6. The van der Waals surface area contributed by atoms with E-state index < -0.39 is 0 Å². The third-order valence-corrected chi connectivity index (χ3v) is 3.41. The summed E-state index contributed by atoms with van der Waals surface area (Å²) < 4.78 is 5.49. The number of hydrogen-bond acceptors (Lipinski definition) is 3. The molecule has 1 rings (SSSR count). The molecule has 21 heavy (non-hydrogen) atoms. The Bertz CT molecular complexity index is 417. The smallest absolute Gasteiger partial charge is 0.258 e. The van der Waals surface area contributed by atoms with Gasteiger partial charge in [0.15, 0.2) is 6.61 Å². The van der Waals surface area contributed by atoms with Crippen LogP contribution in [0.15, 0.2) is 24.3 Å². The molecule has 2 N–H and O–H groups in total. The normalized spacial score (nSPS) is 13.5. The minimum Gasteiger partial charge on any atom is -0.484 e. The molecule has 0 aliphatic heterocycles. The summed E-state index contributed by atoms with van der Waals surface area (Å²) >= 11 is 0. The van der Waals surface area contributed by atoms with E-state index in [1.54, 1.807) is 0 Å². The van der Waals surface area contributed by atoms with Crippen LogP contribution in [0.3, 0.4) is 0 Å². The van der Waals surface area contributed by atoms with Crippen LogP contribution in [0.4, 0.5) is 0 Å². The number of rotatable bonds is 9. The van der Waals surface area contributed by atoms with E-state index in [-0.39, 0.29) is 18.6 Å². The van der Waals surface area contributed by atoms with Crippen LogP contribution in [0.5, 0.6) is 5.75 Å². The lowest BCUT2D eigenvalue weighted by Crippen LogP contribution is -2.35. The van der Waals surface area contributed by atoms with E-state index in [0.717, 1.165) is 25.1 Å². The zero-order chi connectivity index (χ0) is 15.7. The van der Waals surface area contributed by atoms with Gasteiger partial charge in [0.25, 0.3) is 5.91 Å². The number of carbonyl (C=O) groups is 1. The van der Waals surface area contributed by atoms with Gasteiger partial charge < -0.3 is 15.4 Å². The summed E-state index contributed by atoms with van der Waals surface area (Å²) in [6, 6.07) is 8.60. The van der Waals surface area contributed by atoms with Gasteiger partial charge in [-0.05, 0) is 50.9 Å². The zero-order valence-electron chi connectivity index (χ0n) is 13.6. The third kappa shape index (κ3) is 7.14. The molecular weight excluding hydrogens is 264 g/mol. The summed E-state index contributed by atoms with van der Waals surface area (Å²) in [5, 5.41) is 6.27. The SMILES string of the molecule is CCNC(C)Cc1ccc(OCC(=O)NC(C)CC)cc1. The van der Waals surface area contributed by atoms with Crippen LogP contribution >= 0.6 is 0 Å². The van der Waals surface area contributed by atoms with E-state index in [1.807, 2.05) is 26.0 Å². The van der Waals surface area contributed by atoms with Crippen molar-refractivity contribution in [1.82, 2.24) is 10.6 Å². The molecule has 2 atom stereocenters. The second kappa shape index (κ2) is 9.40. The molecule has 0 aliphatic rings. The molecule has 1 aromatic rings. The number of carbonyl (C=O) groups excluding carboxylic acids is 1. The first kappa shape index (κ1) is 17.5. The molecule has 0 bridgehead atoms. The van der Waals surface area contributed by atoms with Crippen molar-refractivity contribution in [3.8, 4) is 5.75 Å². The molecule has 1 aromatic carbocycles. The van der Waals surface area contributed by atoms with Crippen molar-refractivity contribution in [3.63, 3.8) is 0 Å². The van der Waals surface area contributed by atoms with Crippen LogP contribution in [-0.2, 0) is 11.2 Å². The largest absolute Gasteiger partial charge is 0.484 e. The summed E-state index contributed by atoms with van der Waals surface area (Å²) in [5.41, 5.74) is 1.26. The predicted molar refractivity (Wildman–Crippen MR) is 86.7 cm³/mol. The Morgan fingerprint density at radius 2 is 1.81 bits per heavy atom. The molecule has 4 nitrogen and oxygen atoms in total. The third-order valence-electron chi connectivity index (χ3n) is 3.41. The maximum Gasteiger partial charge on any atom is 0.258 e. The molecule has 0 radical (unpaired) electrons. The molecule has 118 valence electrons. The lowest BCUT2D eigenvalue weighted by molar-refractivity contribution is -0.123. The van der Waals surface area contributed by atoms with E-state index in [9.17, 15) is 4.79 Å². The molecular formula is C17H28N2O2. The van der Waals surface area contributed by atoms with Gasteiger partial charge in [-0.25, -0.2) is 0 Å². The molecule has 2 unspecified atom stereocenters. The number of nitrogens with one attached hydrogen (secondary N) is 2. The molecule has 0 fully saturated rings. The van der Waals surface area contributed by atoms with Gasteiger partial charge in [0.05, 0.1) is 0 Å². The van der Waals surface area contributed by atoms with Crippen molar-refractivity contribution in [2.75, 3.05) is 13.2 Å². The van der Waals surface area contributed by atoms with Crippen molar-refractivity contribution in [1.29, 1.82) is 0 Å². The van der Waals surface area contributed by atoms with Crippen molar-refractivity contribution in [2.24, 2.45) is 0 Å². The summed E-state index contributed by atoms with van der Waals surface area (Å²) in [5.74, 6) is 0.656. The highest BCUT2D eigenvalue weighted by Gasteiger charge is 2.06. The Morgan fingerprint density at radius 1 is 1.14 bits per heavy atom. The van der Waals surface area contributed by atoms with E-state index in [2.05, 4.69) is 36.6 Å². The summed E-state index contributed by atoms with van der Waals surface area (Å²) in [6.45, 7) is 9.35. The molecule has 0 spiro atoms. The average molecular weight is 292 g/mol. The highest BCUT2D eigenvalue weighted by atomic mass is 16.5. The monoisotopic (exact) mass is 292 g/mol. The second-order valence-electron chi connectivity index (χ2n) is 5.47. The molecule has 0 saturated carbocycles. The molecule has 0 saturated heterocycles. The van der Waals surface area contributed by atoms with Gasteiger partial charge in [0.1, 0.15) is 5.75 Å². The van der Waals surface area contributed by atoms with Gasteiger partial charge in [-0.2, -0.15) is 0 Å². The fraction of sp³-hybridized carbons (Fsp3) is 0.588. The van der Waals surface area contributed by atoms with E-state index in [4.69, 9.17) is 4.74 Å². The van der Waals surface area contributed by atoms with E-state index in [1.165, 1.54) is 5.56 Å². The Labute approximate surface area is 128 Å². The number of likely N-dealkylation sites (N-methyl/N-ethyl adjacent to an activating group) is 1. The van der Waals surface area contributed by atoms with Crippen LogP contribution < -0.4 is 15.4 Å². The number of hydrogen-bond donors (Lipinski definition) is 2. The highest BCUT2D eigenvalue weighted by molar-refractivity contribution is 5.77. The molecule has 1 amide bonds. The number of amides is 1. The fourth-order valence-corrected chi connectivity index (χ4v) is 2.06. The van der Waals surface area contributed by atoms with Gasteiger partial charge in [-0.15, -0.1) is 0 Å². The number of benzene rings is 1. The quantitative estimate of drug-likeness (QED) is 0.735. The summed E-state index contributed by atoms with van der Waals surface area (Å²) in [7, 11) is 0. The first-order valence-corrected chi connectivity index (χ1v) is 7.79. The lowest BCUT2D eigenvalue weighted by atomic mass is 10.1. The Balaban J connectivity index is 2.39. The molecule has 4 heteroatoms. The van der Waals surface area contributed by atoms with Crippen LogP contribution in [0.25, 0.3) is 0 Å². The van der Waals surface area contributed by atoms with Crippen LogP contribution in [-0.4, -0.2) is 31.1 Å². The minimum atomic E-state index is -0.0748. The van der Waals surface area contributed by atoms with Crippen LogP contribution in [0.2, 0.25) is 0 Å². The molecule has 0 aromatic heterocycles. The van der Waals surface area contributed by atoms with Gasteiger partial charge in [0.2, 0.25) is 0 Å². The first-order valence-electron chi connectivity index (χ1n) is 7.79. The van der Waals surface area contributed by atoms with E-state index >= 15 is 0 Å². The van der Waals surface area contributed by atoms with Gasteiger partial charge in [-0.1, -0.05) is 26.0 Å². The Hall–Kier alpha value is -1.55. The standard InChI is InChI=1S/C17H28N2O2/c1-5-13(3)19-17(20)12-21-16-9-7-15(8-10-16)11-14(4)18-6-2/h7-10,13-14,18H,5-6,11-12H2,1-4H3,(H,19,20). The summed E-state index contributed by atoms with van der Waals surface area (Å²) in [6.07, 6.45) is 1.91. The van der Waals surface area contributed by atoms with Crippen molar-refractivity contribution in [3.05, 3.63) is 29.8 Å². The van der Waals surface area contributed by atoms with Crippen LogP contribution in [0.1, 0.15) is 39.7 Å².